The second-order valence-electron chi connectivity index (χ2n) is 11.8. The van der Waals surface area contributed by atoms with Gasteiger partial charge in [0.05, 0.1) is 42.5 Å². The van der Waals surface area contributed by atoms with Crippen molar-refractivity contribution in [2.24, 2.45) is 11.8 Å². The second-order valence-corrected chi connectivity index (χ2v) is 11.8. The molecule has 1 fully saturated rings. The Kier molecular flexibility index (Phi) is 10.9. The average Bonchev–Trinajstić information content (AvgIpc) is 3.77. The molecule has 1 atom stereocenters. The summed E-state index contributed by atoms with van der Waals surface area (Å²) in [7, 11) is 0. The van der Waals surface area contributed by atoms with E-state index < -0.39 is 18.4 Å². The molecule has 1 unspecified atom stereocenters. The number of carbonyl (C=O) groups is 2. The maximum atomic E-state index is 13.5. The summed E-state index contributed by atoms with van der Waals surface area (Å²) in [5.41, 5.74) is 5.03. The van der Waals surface area contributed by atoms with E-state index in [0.29, 0.717) is 48.9 Å². The van der Waals surface area contributed by atoms with Crippen LogP contribution in [0.25, 0.3) is 33.5 Å². The van der Waals surface area contributed by atoms with Crippen molar-refractivity contribution in [1.82, 2.24) is 35.5 Å². The molecule has 6 rings (SSSR count). The SMILES string of the molecule is CCOc1nc2cccc(C(=O)OC(C)OC(=O)OCC3CCC(ON(N)O)CC3)c2n1Cc1ccc(-c2ccccc2-c2nnn[nH]2)cc1. The number of imidazole rings is 1. The number of hydrogen-bond donors (Lipinski definition) is 3. The molecule has 3 aromatic carbocycles. The summed E-state index contributed by atoms with van der Waals surface area (Å²) in [6.45, 7) is 4.16. The number of tetrazole rings is 1. The Hall–Kier alpha value is -5.42. The molecule has 16 heteroatoms. The minimum absolute atomic E-state index is 0.103. The Morgan fingerprint density at radius 3 is 2.48 bits per heavy atom. The molecule has 2 heterocycles. The van der Waals surface area contributed by atoms with Gasteiger partial charge < -0.3 is 18.9 Å². The van der Waals surface area contributed by atoms with Crippen LogP contribution in [-0.4, -0.2) is 78.5 Å². The lowest BCUT2D eigenvalue weighted by Gasteiger charge is -2.28. The lowest BCUT2D eigenvalue weighted by Crippen LogP contribution is -2.35. The normalized spacial score (nSPS) is 16.7. The van der Waals surface area contributed by atoms with Crippen LogP contribution in [0.15, 0.2) is 66.7 Å². The number of ether oxygens (including phenoxy) is 4. The molecule has 0 bridgehead atoms. The quantitative estimate of drug-likeness (QED) is 0.0643. The maximum absolute atomic E-state index is 13.5. The number of fused-ring (bicyclic) bond motifs is 1. The van der Waals surface area contributed by atoms with Gasteiger partial charge in [0.15, 0.2) is 5.82 Å². The van der Waals surface area contributed by atoms with E-state index in [1.807, 2.05) is 60.0 Å². The number of hydrogen-bond acceptors (Lipinski definition) is 14. The number of nitrogens with one attached hydrogen (secondary N) is 1. The van der Waals surface area contributed by atoms with Gasteiger partial charge in [-0.3, -0.25) is 14.6 Å². The van der Waals surface area contributed by atoms with Gasteiger partial charge >= 0.3 is 12.1 Å². The lowest BCUT2D eigenvalue weighted by molar-refractivity contribution is -0.368. The van der Waals surface area contributed by atoms with Gasteiger partial charge in [-0.05, 0) is 77.8 Å². The summed E-state index contributed by atoms with van der Waals surface area (Å²) in [5, 5.41) is 23.5. The molecule has 0 radical (unpaired) electrons. The summed E-state index contributed by atoms with van der Waals surface area (Å²) in [6.07, 6.45) is 0.381. The van der Waals surface area contributed by atoms with Crippen LogP contribution in [0.2, 0.25) is 0 Å². The van der Waals surface area contributed by atoms with E-state index >= 15 is 0 Å². The Bertz CT molecular complexity index is 1890. The van der Waals surface area contributed by atoms with Crippen molar-refractivity contribution in [3.05, 3.63) is 77.9 Å². The fourth-order valence-electron chi connectivity index (χ4n) is 6.05. The zero-order valence-electron chi connectivity index (χ0n) is 27.6. The van der Waals surface area contributed by atoms with Crippen molar-refractivity contribution < 1.29 is 38.6 Å². The number of rotatable bonds is 13. The smallest absolute Gasteiger partial charge is 0.465 e. The first kappa shape index (κ1) is 34.4. The molecule has 4 N–H and O–H groups in total. The highest BCUT2D eigenvalue weighted by atomic mass is 16.9. The fourth-order valence-corrected chi connectivity index (χ4v) is 6.05. The van der Waals surface area contributed by atoms with Crippen molar-refractivity contribution in [2.45, 2.75) is 58.5 Å². The van der Waals surface area contributed by atoms with Crippen molar-refractivity contribution in [3.8, 4) is 28.5 Å². The van der Waals surface area contributed by atoms with Gasteiger partial charge in [0.1, 0.15) is 0 Å². The summed E-state index contributed by atoms with van der Waals surface area (Å²) in [4.78, 5) is 35.6. The number of para-hydroxylation sites is 1. The van der Waals surface area contributed by atoms with Gasteiger partial charge in [0.2, 0.25) is 6.29 Å². The number of hydrazine groups is 1. The van der Waals surface area contributed by atoms with E-state index in [1.165, 1.54) is 6.92 Å². The average molecular weight is 687 g/mol. The Labute approximate surface area is 286 Å². The fraction of sp³-hybridized carbons (Fsp3) is 0.353. The van der Waals surface area contributed by atoms with E-state index in [0.717, 1.165) is 35.1 Å². The van der Waals surface area contributed by atoms with Gasteiger partial charge in [-0.1, -0.05) is 54.6 Å². The van der Waals surface area contributed by atoms with Gasteiger partial charge in [-0.15, -0.1) is 5.10 Å². The van der Waals surface area contributed by atoms with Crippen LogP contribution in [0.3, 0.4) is 0 Å². The topological polar surface area (TPSA) is 202 Å². The van der Waals surface area contributed by atoms with E-state index in [2.05, 4.69) is 25.6 Å². The van der Waals surface area contributed by atoms with Crippen LogP contribution in [0, 0.1) is 5.92 Å². The molecule has 50 heavy (non-hydrogen) atoms. The number of H-pyrrole nitrogens is 1. The number of esters is 1. The number of benzene rings is 3. The highest BCUT2D eigenvalue weighted by molar-refractivity contribution is 6.02. The Balaban J connectivity index is 1.13. The molecule has 0 aliphatic heterocycles. The van der Waals surface area contributed by atoms with Crippen LogP contribution < -0.4 is 10.6 Å². The van der Waals surface area contributed by atoms with Gasteiger partial charge in [0.25, 0.3) is 6.01 Å². The van der Waals surface area contributed by atoms with Gasteiger partial charge in [-0.25, -0.2) is 20.5 Å². The third-order valence-electron chi connectivity index (χ3n) is 8.38. The molecule has 1 aliphatic rings. The van der Waals surface area contributed by atoms with E-state index in [9.17, 15) is 9.59 Å². The summed E-state index contributed by atoms with van der Waals surface area (Å²) in [5.74, 6) is 5.09. The standard InChI is InChI=1S/C34H38N8O8/c1-3-46-33-36-29-10-6-9-28(32(43)48-21(2)49-34(44)47-20-23-13-17-25(18-14-23)50-42(35)45)30(29)41(33)19-22-11-15-24(16-12-22)26-7-4-5-8-27(26)31-37-39-40-38-31/h4-12,15-16,21,23,25,45H,3,13-14,17-20,35H2,1-2H3,(H,37,38,39,40). The van der Waals surface area contributed by atoms with Crippen molar-refractivity contribution >= 4 is 23.2 Å². The van der Waals surface area contributed by atoms with Crippen LogP contribution in [0.1, 0.15) is 55.5 Å². The number of aromatic nitrogens is 6. The predicted molar refractivity (Wildman–Crippen MR) is 177 cm³/mol. The Morgan fingerprint density at radius 1 is 1.02 bits per heavy atom. The van der Waals surface area contributed by atoms with Gasteiger partial charge in [-0.2, -0.15) is 4.98 Å². The maximum Gasteiger partial charge on any atom is 0.511 e. The minimum Gasteiger partial charge on any atom is -0.465 e. The number of aromatic amines is 1. The molecule has 5 aromatic rings. The highest BCUT2D eigenvalue weighted by Gasteiger charge is 2.26. The first-order valence-corrected chi connectivity index (χ1v) is 16.3. The van der Waals surface area contributed by atoms with E-state index in [1.54, 1.807) is 18.2 Å². The largest absolute Gasteiger partial charge is 0.511 e. The lowest BCUT2D eigenvalue weighted by atomic mass is 9.88. The van der Waals surface area contributed by atoms with Crippen molar-refractivity contribution in [3.63, 3.8) is 0 Å². The van der Waals surface area contributed by atoms with E-state index in [4.69, 9.17) is 34.8 Å². The molecule has 2 aromatic heterocycles. The number of nitrogens with zero attached hydrogens (tertiary/aromatic N) is 6. The zero-order chi connectivity index (χ0) is 35.0. The third-order valence-corrected chi connectivity index (χ3v) is 8.38. The molecule has 16 nitrogen and oxygen atoms in total. The molecule has 0 amide bonds. The number of carbonyl (C=O) groups excluding carboxylic acids is 2. The van der Waals surface area contributed by atoms with Crippen LogP contribution in [-0.2, 0) is 25.6 Å². The molecular formula is C34H38N8O8. The van der Waals surface area contributed by atoms with Crippen LogP contribution >= 0.6 is 0 Å². The predicted octanol–water partition coefficient (Wildman–Crippen LogP) is 5.04. The van der Waals surface area contributed by atoms with Gasteiger partial charge in [0, 0.05) is 17.8 Å². The zero-order valence-corrected chi connectivity index (χ0v) is 27.6. The van der Waals surface area contributed by atoms with E-state index in [-0.39, 0.29) is 29.5 Å². The van der Waals surface area contributed by atoms with Crippen LogP contribution in [0.4, 0.5) is 4.79 Å². The summed E-state index contributed by atoms with van der Waals surface area (Å²) < 4.78 is 23.7. The highest BCUT2D eigenvalue weighted by Crippen LogP contribution is 2.32. The monoisotopic (exact) mass is 686 g/mol. The molecule has 1 saturated carbocycles. The molecular weight excluding hydrogens is 648 g/mol. The first-order valence-electron chi connectivity index (χ1n) is 16.3. The van der Waals surface area contributed by atoms with Crippen LogP contribution in [0.5, 0.6) is 6.01 Å². The van der Waals surface area contributed by atoms with Crippen molar-refractivity contribution in [1.29, 1.82) is 0 Å². The minimum atomic E-state index is -1.22. The molecule has 0 saturated heterocycles. The number of nitrogens with two attached hydrogens (primary N) is 1. The molecule has 262 valence electrons. The second kappa shape index (κ2) is 15.9. The first-order chi connectivity index (χ1) is 24.3. The van der Waals surface area contributed by atoms with Crippen molar-refractivity contribution in [2.75, 3.05) is 13.2 Å². The summed E-state index contributed by atoms with van der Waals surface area (Å²) >= 11 is 0. The molecule has 1 aliphatic carbocycles. The third kappa shape index (κ3) is 8.23. The summed E-state index contributed by atoms with van der Waals surface area (Å²) in [6, 6.07) is 21.3. The Morgan fingerprint density at radius 2 is 1.78 bits per heavy atom. The molecule has 0 spiro atoms.